The maximum atomic E-state index is 12.0. The number of rotatable bonds is 6. The molecule has 0 aromatic heterocycles. The first kappa shape index (κ1) is 17.6. The van der Waals surface area contributed by atoms with Crippen LogP contribution in [0.2, 0.25) is 5.02 Å². The summed E-state index contributed by atoms with van der Waals surface area (Å²) in [5.74, 6) is 1.07. The van der Waals surface area contributed by atoms with Crippen LogP contribution in [0.4, 0.5) is 5.69 Å². The van der Waals surface area contributed by atoms with Crippen LogP contribution in [0.3, 0.4) is 0 Å². The molecule has 3 rings (SSSR count). The van der Waals surface area contributed by atoms with Crippen LogP contribution in [-0.2, 0) is 4.79 Å². The Morgan fingerprint density at radius 3 is 2.88 bits per heavy atom. The third kappa shape index (κ3) is 4.89. The fourth-order valence-corrected chi connectivity index (χ4v) is 3.28. The number of benzene rings is 2. The van der Waals surface area contributed by atoms with E-state index in [0.717, 1.165) is 24.5 Å². The second-order valence-electron chi connectivity index (χ2n) is 6.44. The molecule has 0 bridgehead atoms. The summed E-state index contributed by atoms with van der Waals surface area (Å²) >= 11 is 6.12. The molecular weight excluding hydrogens is 336 g/mol. The van der Waals surface area contributed by atoms with Gasteiger partial charge in [-0.25, -0.2) is 0 Å². The van der Waals surface area contributed by atoms with Crippen LogP contribution in [0, 0.1) is 12.8 Å². The third-order valence-corrected chi connectivity index (χ3v) is 4.73. The van der Waals surface area contributed by atoms with Crippen molar-refractivity contribution < 1.29 is 9.53 Å². The Labute approximate surface area is 153 Å². The topological polar surface area (TPSA) is 41.6 Å². The zero-order valence-corrected chi connectivity index (χ0v) is 15.1. The van der Waals surface area contributed by atoms with Crippen LogP contribution < -0.4 is 15.0 Å². The lowest BCUT2D eigenvalue weighted by atomic mass is 10.1. The highest BCUT2D eigenvalue weighted by molar-refractivity contribution is 6.30. The first-order valence-electron chi connectivity index (χ1n) is 8.57. The molecule has 0 radical (unpaired) electrons. The van der Waals surface area contributed by atoms with E-state index in [9.17, 15) is 4.79 Å². The number of halogens is 1. The molecule has 1 aliphatic heterocycles. The van der Waals surface area contributed by atoms with Gasteiger partial charge in [-0.15, -0.1) is 0 Å². The second kappa shape index (κ2) is 8.26. The Hall–Kier alpha value is -2.20. The molecule has 1 amide bonds. The number of nitrogens with zero attached hydrogens (tertiary/aromatic N) is 1. The molecule has 1 heterocycles. The molecule has 1 N–H and O–H groups in total. The number of ether oxygens (including phenoxy) is 1. The Bertz CT molecular complexity index is 721. The number of carbonyl (C=O) groups excluding carboxylic acids is 1. The van der Waals surface area contributed by atoms with E-state index in [2.05, 4.69) is 17.1 Å². The summed E-state index contributed by atoms with van der Waals surface area (Å²) in [7, 11) is 0. The molecule has 1 atom stereocenters. The van der Waals surface area contributed by atoms with Crippen molar-refractivity contribution >= 4 is 23.2 Å². The van der Waals surface area contributed by atoms with Gasteiger partial charge in [0.15, 0.2) is 6.61 Å². The van der Waals surface area contributed by atoms with Crippen LogP contribution >= 0.6 is 11.6 Å². The lowest BCUT2D eigenvalue weighted by Gasteiger charge is -2.21. The first-order valence-corrected chi connectivity index (χ1v) is 8.95. The van der Waals surface area contributed by atoms with E-state index in [0.29, 0.717) is 18.2 Å². The predicted octanol–water partition coefficient (Wildman–Crippen LogP) is 3.67. The van der Waals surface area contributed by atoms with Gasteiger partial charge in [0.05, 0.1) is 0 Å². The predicted molar refractivity (Wildman–Crippen MR) is 101 cm³/mol. The van der Waals surface area contributed by atoms with Crippen molar-refractivity contribution in [2.24, 2.45) is 5.92 Å². The fourth-order valence-electron chi connectivity index (χ4n) is 3.12. The van der Waals surface area contributed by atoms with Crippen LogP contribution in [-0.4, -0.2) is 32.1 Å². The monoisotopic (exact) mass is 358 g/mol. The maximum absolute atomic E-state index is 12.0. The van der Waals surface area contributed by atoms with Gasteiger partial charge in [0.25, 0.3) is 5.91 Å². The normalized spacial score (nSPS) is 16.7. The standard InChI is InChI=1S/C20H23ClN2O2/c1-15-7-8-17(21)11-19(15)23-10-9-16(13-23)12-22-20(24)14-25-18-5-3-2-4-6-18/h2-8,11,16H,9-10,12-14H2,1H3,(H,22,24). The molecule has 4 nitrogen and oxygen atoms in total. The molecule has 132 valence electrons. The lowest BCUT2D eigenvalue weighted by Crippen LogP contribution is -2.34. The summed E-state index contributed by atoms with van der Waals surface area (Å²) in [6, 6.07) is 15.4. The number of nitrogens with one attached hydrogen (secondary N) is 1. The van der Waals surface area contributed by atoms with Crippen LogP contribution in [0.25, 0.3) is 0 Å². The SMILES string of the molecule is Cc1ccc(Cl)cc1N1CCC(CNC(=O)COc2ccccc2)C1. The Kier molecular flexibility index (Phi) is 5.82. The minimum Gasteiger partial charge on any atom is -0.484 e. The van der Waals surface area contributed by atoms with E-state index in [4.69, 9.17) is 16.3 Å². The summed E-state index contributed by atoms with van der Waals surface area (Å²) < 4.78 is 5.47. The van der Waals surface area contributed by atoms with Gasteiger partial charge in [0.2, 0.25) is 0 Å². The van der Waals surface area contributed by atoms with Crippen LogP contribution in [0.1, 0.15) is 12.0 Å². The molecule has 1 unspecified atom stereocenters. The minimum absolute atomic E-state index is 0.0495. The molecule has 1 aliphatic rings. The number of hydrogen-bond acceptors (Lipinski definition) is 3. The van der Waals surface area contributed by atoms with Crippen LogP contribution in [0.5, 0.6) is 5.75 Å². The number of para-hydroxylation sites is 1. The third-order valence-electron chi connectivity index (χ3n) is 4.50. The van der Waals surface area contributed by atoms with Crippen molar-refractivity contribution in [1.29, 1.82) is 0 Å². The zero-order chi connectivity index (χ0) is 17.6. The maximum Gasteiger partial charge on any atom is 0.257 e. The van der Waals surface area contributed by atoms with Gasteiger partial charge in [-0.3, -0.25) is 4.79 Å². The van der Waals surface area contributed by atoms with Crippen molar-refractivity contribution in [1.82, 2.24) is 5.32 Å². The largest absolute Gasteiger partial charge is 0.484 e. The quantitative estimate of drug-likeness (QED) is 0.856. The van der Waals surface area contributed by atoms with E-state index < -0.39 is 0 Å². The van der Waals surface area contributed by atoms with Crippen molar-refractivity contribution in [2.75, 3.05) is 31.1 Å². The molecule has 0 saturated carbocycles. The summed E-state index contributed by atoms with van der Waals surface area (Å²) in [6.45, 7) is 4.74. The summed E-state index contributed by atoms with van der Waals surface area (Å²) in [4.78, 5) is 14.3. The highest BCUT2D eigenvalue weighted by atomic mass is 35.5. The lowest BCUT2D eigenvalue weighted by molar-refractivity contribution is -0.123. The van der Waals surface area contributed by atoms with Crippen LogP contribution in [0.15, 0.2) is 48.5 Å². The molecular formula is C20H23ClN2O2. The summed E-state index contributed by atoms with van der Waals surface area (Å²) in [5, 5.41) is 3.74. The number of carbonyl (C=O) groups is 1. The highest BCUT2D eigenvalue weighted by Gasteiger charge is 2.24. The van der Waals surface area contributed by atoms with Crippen molar-refractivity contribution in [3.63, 3.8) is 0 Å². The average molecular weight is 359 g/mol. The van der Waals surface area contributed by atoms with Gasteiger partial charge in [0.1, 0.15) is 5.75 Å². The molecule has 2 aromatic carbocycles. The molecule has 0 aliphatic carbocycles. The Morgan fingerprint density at radius 2 is 2.08 bits per heavy atom. The number of aryl methyl sites for hydroxylation is 1. The Balaban J connectivity index is 1.44. The van der Waals surface area contributed by atoms with Gasteiger partial charge < -0.3 is 15.0 Å². The van der Waals surface area contributed by atoms with Gasteiger partial charge in [-0.05, 0) is 49.1 Å². The van der Waals surface area contributed by atoms with Crippen molar-refractivity contribution in [2.45, 2.75) is 13.3 Å². The highest BCUT2D eigenvalue weighted by Crippen LogP contribution is 2.29. The fraction of sp³-hybridized carbons (Fsp3) is 0.350. The van der Waals surface area contributed by atoms with Crippen molar-refractivity contribution in [3.8, 4) is 5.75 Å². The van der Waals surface area contributed by atoms with Gasteiger partial charge >= 0.3 is 0 Å². The number of amides is 1. The van der Waals surface area contributed by atoms with Gasteiger partial charge in [-0.1, -0.05) is 35.9 Å². The van der Waals surface area contributed by atoms with Gasteiger partial charge in [0, 0.05) is 30.3 Å². The smallest absolute Gasteiger partial charge is 0.257 e. The minimum atomic E-state index is -0.0822. The average Bonchev–Trinajstić information content (AvgIpc) is 3.10. The van der Waals surface area contributed by atoms with E-state index >= 15 is 0 Å². The van der Waals surface area contributed by atoms with E-state index in [1.54, 1.807) is 0 Å². The Morgan fingerprint density at radius 1 is 1.28 bits per heavy atom. The second-order valence-corrected chi connectivity index (χ2v) is 6.87. The molecule has 1 saturated heterocycles. The molecule has 1 fully saturated rings. The number of anilines is 1. The molecule has 25 heavy (non-hydrogen) atoms. The number of hydrogen-bond donors (Lipinski definition) is 1. The molecule has 0 spiro atoms. The van der Waals surface area contributed by atoms with E-state index in [1.807, 2.05) is 48.5 Å². The first-order chi connectivity index (χ1) is 12.1. The summed E-state index contributed by atoms with van der Waals surface area (Å²) in [5.41, 5.74) is 2.42. The van der Waals surface area contributed by atoms with E-state index in [1.165, 1.54) is 11.3 Å². The van der Waals surface area contributed by atoms with Gasteiger partial charge in [-0.2, -0.15) is 0 Å². The van der Waals surface area contributed by atoms with Crippen molar-refractivity contribution in [3.05, 3.63) is 59.1 Å². The molecule has 5 heteroatoms. The molecule has 2 aromatic rings. The zero-order valence-electron chi connectivity index (χ0n) is 14.4. The summed E-state index contributed by atoms with van der Waals surface area (Å²) in [6.07, 6.45) is 1.06. The van der Waals surface area contributed by atoms with E-state index in [-0.39, 0.29) is 12.5 Å².